The summed E-state index contributed by atoms with van der Waals surface area (Å²) in [6, 6.07) is 9.08. The molecule has 0 radical (unpaired) electrons. The predicted octanol–water partition coefficient (Wildman–Crippen LogP) is 2.88. The van der Waals surface area contributed by atoms with Gasteiger partial charge in [0.05, 0.1) is 12.6 Å². The van der Waals surface area contributed by atoms with E-state index < -0.39 is 11.2 Å². The van der Waals surface area contributed by atoms with Crippen LogP contribution in [0.5, 0.6) is 0 Å². The van der Waals surface area contributed by atoms with Crippen molar-refractivity contribution in [1.29, 1.82) is 0 Å². The van der Waals surface area contributed by atoms with E-state index in [9.17, 15) is 9.59 Å². The molecule has 6 heteroatoms. The number of pyridine rings is 1. The Morgan fingerprint density at radius 3 is 2.70 bits per heavy atom. The molecule has 100 valence electrons. The second kappa shape index (κ2) is 4.61. The molecule has 0 amide bonds. The van der Waals surface area contributed by atoms with Crippen molar-refractivity contribution in [2.45, 2.75) is 0 Å². The van der Waals surface area contributed by atoms with Crippen LogP contribution in [0.1, 0.15) is 21.0 Å². The van der Waals surface area contributed by atoms with Gasteiger partial charge in [0, 0.05) is 16.3 Å². The van der Waals surface area contributed by atoms with Gasteiger partial charge in [0.15, 0.2) is 0 Å². The van der Waals surface area contributed by atoms with Gasteiger partial charge in [-0.05, 0) is 23.7 Å². The minimum atomic E-state index is -0.729. The smallest absolute Gasteiger partial charge is 0.356 e. The molecule has 0 atom stereocenters. The van der Waals surface area contributed by atoms with Crippen molar-refractivity contribution < 1.29 is 14.3 Å². The molecule has 1 N–H and O–H groups in total. The fourth-order valence-electron chi connectivity index (χ4n) is 2.20. The van der Waals surface area contributed by atoms with Crippen molar-refractivity contribution in [3.05, 3.63) is 41.7 Å². The Bertz CT molecular complexity index is 854. The number of benzene rings is 1. The van der Waals surface area contributed by atoms with E-state index in [1.807, 2.05) is 24.3 Å². The molecule has 0 bridgehead atoms. The van der Waals surface area contributed by atoms with Crippen molar-refractivity contribution in [2.75, 3.05) is 7.11 Å². The fraction of sp³-hybridized carbons (Fsp3) is 0.0714. The first-order valence-electron chi connectivity index (χ1n) is 5.81. The van der Waals surface area contributed by atoms with E-state index in [-0.39, 0.29) is 11.4 Å². The monoisotopic (exact) mass is 288 g/mol. The Hall–Kier alpha value is -2.40. The molecule has 0 aliphatic heterocycles. The highest BCUT2D eigenvalue weighted by Gasteiger charge is 2.19. The summed E-state index contributed by atoms with van der Waals surface area (Å²) in [7, 11) is 1.26. The summed E-state index contributed by atoms with van der Waals surface area (Å²) in [6.07, 6.45) is 0. The molecule has 0 aliphatic rings. The summed E-state index contributed by atoms with van der Waals surface area (Å²) < 4.78 is 4.64. The van der Waals surface area contributed by atoms with E-state index in [1.54, 1.807) is 6.07 Å². The molecule has 0 saturated carbocycles. The molecule has 0 aliphatic carbocycles. The predicted molar refractivity (Wildman–Crippen MR) is 75.1 cm³/mol. The molecule has 20 heavy (non-hydrogen) atoms. The number of ether oxygens (including phenoxy) is 1. The van der Waals surface area contributed by atoms with Crippen LogP contribution in [0.3, 0.4) is 0 Å². The highest BCUT2D eigenvalue weighted by Crippen LogP contribution is 2.28. The molecular weight excluding hydrogens is 280 g/mol. The lowest BCUT2D eigenvalue weighted by Gasteiger charge is -2.02. The van der Waals surface area contributed by atoms with Gasteiger partial charge in [-0.2, -0.15) is 0 Å². The highest BCUT2D eigenvalue weighted by molar-refractivity contribution is 6.68. The molecule has 5 nitrogen and oxygen atoms in total. The van der Waals surface area contributed by atoms with Gasteiger partial charge >= 0.3 is 5.97 Å². The van der Waals surface area contributed by atoms with E-state index in [4.69, 9.17) is 11.6 Å². The average Bonchev–Trinajstić information content (AvgIpc) is 2.83. The molecular formula is C14H9ClN2O3. The number of esters is 1. The van der Waals surface area contributed by atoms with Crippen molar-refractivity contribution in [3.63, 3.8) is 0 Å². The Labute approximate surface area is 118 Å². The van der Waals surface area contributed by atoms with Crippen LogP contribution in [0, 0.1) is 0 Å². The van der Waals surface area contributed by atoms with Crippen LogP contribution in [0.25, 0.3) is 21.8 Å². The van der Waals surface area contributed by atoms with Gasteiger partial charge in [-0.1, -0.05) is 18.2 Å². The zero-order valence-electron chi connectivity index (χ0n) is 10.4. The summed E-state index contributed by atoms with van der Waals surface area (Å²) in [5.74, 6) is -0.614. The molecule has 0 spiro atoms. The molecule has 0 saturated heterocycles. The van der Waals surface area contributed by atoms with Crippen LogP contribution < -0.4 is 0 Å². The number of aromatic nitrogens is 2. The molecule has 0 unspecified atom stereocenters. The number of carbonyl (C=O) groups is 2. The number of fused-ring (bicyclic) bond motifs is 3. The number of carbonyl (C=O) groups excluding carboxylic acids is 2. The lowest BCUT2D eigenvalue weighted by molar-refractivity contribution is 0.0594. The maximum absolute atomic E-state index is 11.6. The van der Waals surface area contributed by atoms with Crippen LogP contribution in [0.15, 0.2) is 30.3 Å². The number of nitrogens with one attached hydrogen (secondary N) is 1. The van der Waals surface area contributed by atoms with Crippen LogP contribution in [0.4, 0.5) is 0 Å². The van der Waals surface area contributed by atoms with Crippen LogP contribution >= 0.6 is 11.6 Å². The van der Waals surface area contributed by atoms with Gasteiger partial charge in [0.2, 0.25) is 0 Å². The summed E-state index contributed by atoms with van der Waals surface area (Å²) in [5, 5.41) is 0.863. The van der Waals surface area contributed by atoms with E-state index in [2.05, 4.69) is 14.7 Å². The molecule has 3 aromatic rings. The van der Waals surface area contributed by atoms with Gasteiger partial charge in [0.1, 0.15) is 11.4 Å². The largest absolute Gasteiger partial charge is 0.464 e. The Morgan fingerprint density at radius 1 is 1.25 bits per heavy atom. The maximum Gasteiger partial charge on any atom is 0.356 e. The van der Waals surface area contributed by atoms with Gasteiger partial charge in [-0.15, -0.1) is 0 Å². The van der Waals surface area contributed by atoms with Crippen molar-refractivity contribution in [3.8, 4) is 0 Å². The van der Waals surface area contributed by atoms with Crippen molar-refractivity contribution in [2.24, 2.45) is 0 Å². The first-order valence-corrected chi connectivity index (χ1v) is 6.19. The van der Waals surface area contributed by atoms with Crippen LogP contribution in [-0.2, 0) is 4.74 Å². The van der Waals surface area contributed by atoms with Gasteiger partial charge < -0.3 is 9.72 Å². The molecule has 2 heterocycles. The number of rotatable bonds is 2. The summed E-state index contributed by atoms with van der Waals surface area (Å²) >= 11 is 5.56. The number of para-hydroxylation sites is 1. The van der Waals surface area contributed by atoms with Gasteiger partial charge in [-0.25, -0.2) is 9.78 Å². The lowest BCUT2D eigenvalue weighted by Crippen LogP contribution is -2.07. The number of halogens is 1. The third kappa shape index (κ3) is 1.83. The second-order valence-corrected chi connectivity index (χ2v) is 4.56. The quantitative estimate of drug-likeness (QED) is 0.581. The third-order valence-corrected chi connectivity index (χ3v) is 3.26. The zero-order chi connectivity index (χ0) is 14.3. The Kier molecular flexibility index (Phi) is 2.91. The molecule has 1 aromatic carbocycles. The number of hydrogen-bond acceptors (Lipinski definition) is 4. The first-order chi connectivity index (χ1) is 9.61. The number of aromatic amines is 1. The molecule has 0 fully saturated rings. The van der Waals surface area contributed by atoms with Crippen molar-refractivity contribution in [1.82, 2.24) is 9.97 Å². The summed E-state index contributed by atoms with van der Waals surface area (Å²) in [5.41, 5.74) is 1.42. The highest BCUT2D eigenvalue weighted by atomic mass is 35.5. The second-order valence-electron chi connectivity index (χ2n) is 4.21. The standard InChI is InChI=1S/C14H9ClN2O3/c1-20-14(19)10-6-8-7-4-2-3-5-9(7)16-11(8)12(17-10)13(15)18/h2-6,16H,1H3. The lowest BCUT2D eigenvalue weighted by atomic mass is 10.1. The zero-order valence-corrected chi connectivity index (χ0v) is 11.2. The van der Waals surface area contributed by atoms with E-state index in [0.29, 0.717) is 10.9 Å². The van der Waals surface area contributed by atoms with E-state index in [1.165, 1.54) is 7.11 Å². The molecule has 2 aromatic heterocycles. The normalized spacial score (nSPS) is 10.9. The fourth-order valence-corrected chi connectivity index (χ4v) is 2.33. The van der Waals surface area contributed by atoms with E-state index >= 15 is 0 Å². The number of methoxy groups -OCH3 is 1. The minimum Gasteiger partial charge on any atom is -0.464 e. The van der Waals surface area contributed by atoms with E-state index in [0.717, 1.165) is 10.9 Å². The SMILES string of the molecule is COC(=O)c1cc2c([nH]c3ccccc32)c(C(=O)Cl)n1. The minimum absolute atomic E-state index is 0.0146. The van der Waals surface area contributed by atoms with Crippen LogP contribution in [-0.4, -0.2) is 28.3 Å². The average molecular weight is 289 g/mol. The maximum atomic E-state index is 11.6. The Balaban J connectivity index is 2.45. The van der Waals surface area contributed by atoms with Crippen LogP contribution in [0.2, 0.25) is 0 Å². The van der Waals surface area contributed by atoms with Gasteiger partial charge in [0.25, 0.3) is 5.24 Å². The molecule has 3 rings (SSSR count). The topological polar surface area (TPSA) is 72.1 Å². The number of nitrogens with zero attached hydrogens (tertiary/aromatic N) is 1. The Morgan fingerprint density at radius 2 is 2.00 bits per heavy atom. The van der Waals surface area contributed by atoms with Gasteiger partial charge in [-0.3, -0.25) is 4.79 Å². The summed E-state index contributed by atoms with van der Waals surface area (Å²) in [4.78, 5) is 30.2. The number of hydrogen-bond donors (Lipinski definition) is 1. The summed E-state index contributed by atoms with van der Waals surface area (Å²) in [6.45, 7) is 0. The first kappa shape index (κ1) is 12.6. The number of H-pyrrole nitrogens is 1. The third-order valence-electron chi connectivity index (χ3n) is 3.08. The van der Waals surface area contributed by atoms with Crippen molar-refractivity contribution >= 4 is 44.6 Å².